The fraction of sp³-hybridized carbons (Fsp3) is 0.222. The first-order valence-corrected chi connectivity index (χ1v) is 7.75. The fourth-order valence-corrected chi connectivity index (χ4v) is 2.41. The molecule has 7 heteroatoms. The molecule has 2 aromatic heterocycles. The second-order valence-corrected chi connectivity index (χ2v) is 5.69. The van der Waals surface area contributed by atoms with Gasteiger partial charge in [-0.15, -0.1) is 0 Å². The van der Waals surface area contributed by atoms with Gasteiger partial charge < -0.3 is 14.6 Å². The molecule has 3 aromatic rings. The van der Waals surface area contributed by atoms with E-state index < -0.39 is 18.0 Å². The number of aromatic nitrogens is 2. The number of para-hydroxylation sites is 1. The van der Waals surface area contributed by atoms with Crippen LogP contribution in [-0.4, -0.2) is 28.1 Å². The van der Waals surface area contributed by atoms with Crippen LogP contribution >= 0.6 is 0 Å². The quantitative estimate of drug-likeness (QED) is 0.734. The summed E-state index contributed by atoms with van der Waals surface area (Å²) in [6, 6.07) is 10.5. The number of hydrogen-bond donors (Lipinski definition) is 1. The van der Waals surface area contributed by atoms with Gasteiger partial charge in [0.2, 0.25) is 0 Å². The number of fused-ring (bicyclic) bond motifs is 1. The molecule has 0 unspecified atom stereocenters. The number of amides is 1. The average Bonchev–Trinajstić information content (AvgIpc) is 2.98. The highest BCUT2D eigenvalue weighted by atomic mass is 16.5. The summed E-state index contributed by atoms with van der Waals surface area (Å²) in [7, 11) is 0. The first kappa shape index (κ1) is 16.6. The van der Waals surface area contributed by atoms with E-state index in [4.69, 9.17) is 9.26 Å². The van der Waals surface area contributed by atoms with Gasteiger partial charge in [-0.1, -0.05) is 23.4 Å². The molecular formula is C18H17N3O4. The van der Waals surface area contributed by atoms with Crippen molar-refractivity contribution in [3.05, 3.63) is 53.4 Å². The minimum absolute atomic E-state index is 0.274. The zero-order valence-electron chi connectivity index (χ0n) is 14.1. The maximum atomic E-state index is 12.5. The van der Waals surface area contributed by atoms with Crippen molar-refractivity contribution < 1.29 is 18.8 Å². The monoisotopic (exact) mass is 339 g/mol. The number of nitrogens with zero attached hydrogens (tertiary/aromatic N) is 2. The van der Waals surface area contributed by atoms with Crippen LogP contribution in [0.5, 0.6) is 0 Å². The summed E-state index contributed by atoms with van der Waals surface area (Å²) < 4.78 is 10.2. The number of ether oxygens (including phenoxy) is 1. The molecule has 7 nitrogen and oxygen atoms in total. The number of pyridine rings is 1. The molecule has 1 N–H and O–H groups in total. The lowest BCUT2D eigenvalue weighted by atomic mass is 10.1. The van der Waals surface area contributed by atoms with Gasteiger partial charge in [0.1, 0.15) is 5.76 Å². The Labute approximate surface area is 144 Å². The smallest absolute Gasteiger partial charge is 0.339 e. The Bertz CT molecular complexity index is 948. The van der Waals surface area contributed by atoms with Crippen LogP contribution in [0.3, 0.4) is 0 Å². The van der Waals surface area contributed by atoms with Crippen molar-refractivity contribution in [1.82, 2.24) is 10.1 Å². The van der Waals surface area contributed by atoms with Crippen LogP contribution in [0.1, 0.15) is 28.7 Å². The van der Waals surface area contributed by atoms with Gasteiger partial charge in [0.05, 0.1) is 11.1 Å². The zero-order valence-corrected chi connectivity index (χ0v) is 14.1. The molecule has 0 saturated heterocycles. The third kappa shape index (κ3) is 3.65. The lowest BCUT2D eigenvalue weighted by Crippen LogP contribution is -2.30. The summed E-state index contributed by atoms with van der Waals surface area (Å²) in [6.45, 7) is 5.01. The predicted molar refractivity (Wildman–Crippen MR) is 91.2 cm³/mol. The van der Waals surface area contributed by atoms with Crippen molar-refractivity contribution in [3.63, 3.8) is 0 Å². The molecule has 2 heterocycles. The van der Waals surface area contributed by atoms with Gasteiger partial charge in [0, 0.05) is 17.1 Å². The molecule has 3 rings (SSSR count). The molecule has 0 aliphatic carbocycles. The van der Waals surface area contributed by atoms with E-state index in [9.17, 15) is 9.59 Å². The van der Waals surface area contributed by atoms with Crippen LogP contribution in [0, 0.1) is 13.8 Å². The van der Waals surface area contributed by atoms with Crippen LogP contribution in [0.2, 0.25) is 0 Å². The number of anilines is 1. The number of nitrogens with one attached hydrogen (secondary N) is 1. The highest BCUT2D eigenvalue weighted by Gasteiger charge is 2.21. The molecule has 128 valence electrons. The number of rotatable bonds is 4. The van der Waals surface area contributed by atoms with E-state index in [0.717, 1.165) is 0 Å². The van der Waals surface area contributed by atoms with Crippen molar-refractivity contribution in [2.45, 2.75) is 26.9 Å². The van der Waals surface area contributed by atoms with Crippen molar-refractivity contribution in [1.29, 1.82) is 0 Å². The Morgan fingerprint density at radius 3 is 2.68 bits per heavy atom. The third-order valence-corrected chi connectivity index (χ3v) is 3.60. The van der Waals surface area contributed by atoms with Gasteiger partial charge in [-0.05, 0) is 32.9 Å². The van der Waals surface area contributed by atoms with E-state index in [1.54, 1.807) is 32.0 Å². The summed E-state index contributed by atoms with van der Waals surface area (Å²) in [6.07, 6.45) is -0.989. The van der Waals surface area contributed by atoms with Gasteiger partial charge in [0.25, 0.3) is 5.91 Å². The Kier molecular flexibility index (Phi) is 4.47. The summed E-state index contributed by atoms with van der Waals surface area (Å²) in [5.41, 5.74) is 1.77. The standard InChI is InChI=1S/C18H17N3O4/c1-10-8-14(13-6-4-5-7-15(13)19-10)18(23)24-12(3)17(22)20-16-9-11(2)25-21-16/h4-9,12H,1-3H3,(H,20,21,22)/t12-/m0/s1. The van der Waals surface area contributed by atoms with E-state index in [2.05, 4.69) is 15.5 Å². The van der Waals surface area contributed by atoms with Gasteiger partial charge in [-0.3, -0.25) is 9.78 Å². The van der Waals surface area contributed by atoms with Crippen molar-refractivity contribution in [2.24, 2.45) is 0 Å². The van der Waals surface area contributed by atoms with Crippen molar-refractivity contribution >= 4 is 28.6 Å². The minimum Gasteiger partial charge on any atom is -0.449 e. The Balaban J connectivity index is 1.76. The van der Waals surface area contributed by atoms with Gasteiger partial charge >= 0.3 is 5.97 Å². The second kappa shape index (κ2) is 6.72. The predicted octanol–water partition coefficient (Wildman–Crippen LogP) is 3.02. The minimum atomic E-state index is -0.989. The van der Waals surface area contributed by atoms with Gasteiger partial charge in [0.15, 0.2) is 11.9 Å². The van der Waals surface area contributed by atoms with Crippen LogP contribution < -0.4 is 5.32 Å². The number of benzene rings is 1. The van der Waals surface area contributed by atoms with Crippen LogP contribution in [0.15, 0.2) is 40.9 Å². The maximum Gasteiger partial charge on any atom is 0.339 e. The number of aryl methyl sites for hydroxylation is 2. The van der Waals surface area contributed by atoms with Crippen LogP contribution in [0.4, 0.5) is 5.82 Å². The van der Waals surface area contributed by atoms with Gasteiger partial charge in [-0.2, -0.15) is 0 Å². The van der Waals surface area contributed by atoms with E-state index in [0.29, 0.717) is 27.9 Å². The summed E-state index contributed by atoms with van der Waals surface area (Å²) in [5.74, 6) is -0.230. The highest BCUT2D eigenvalue weighted by molar-refractivity contribution is 6.04. The fourth-order valence-electron chi connectivity index (χ4n) is 2.41. The first-order valence-electron chi connectivity index (χ1n) is 7.75. The number of carbonyl (C=O) groups is 2. The van der Waals surface area contributed by atoms with E-state index in [-0.39, 0.29) is 5.82 Å². The summed E-state index contributed by atoms with van der Waals surface area (Å²) >= 11 is 0. The molecule has 0 saturated carbocycles. The van der Waals surface area contributed by atoms with E-state index >= 15 is 0 Å². The van der Waals surface area contributed by atoms with Gasteiger partial charge in [-0.25, -0.2) is 4.79 Å². The third-order valence-electron chi connectivity index (χ3n) is 3.60. The molecule has 0 fully saturated rings. The zero-order chi connectivity index (χ0) is 18.0. The highest BCUT2D eigenvalue weighted by Crippen LogP contribution is 2.20. The average molecular weight is 339 g/mol. The molecule has 1 aromatic carbocycles. The lowest BCUT2D eigenvalue weighted by Gasteiger charge is -2.13. The maximum absolute atomic E-state index is 12.5. The normalized spacial score (nSPS) is 12.0. The Morgan fingerprint density at radius 1 is 1.20 bits per heavy atom. The molecule has 0 bridgehead atoms. The molecule has 0 aliphatic heterocycles. The molecule has 1 atom stereocenters. The molecule has 0 aliphatic rings. The van der Waals surface area contributed by atoms with Crippen LogP contribution in [0.25, 0.3) is 10.9 Å². The summed E-state index contributed by atoms with van der Waals surface area (Å²) in [4.78, 5) is 29.0. The van der Waals surface area contributed by atoms with Crippen molar-refractivity contribution in [2.75, 3.05) is 5.32 Å². The van der Waals surface area contributed by atoms with Crippen LogP contribution in [-0.2, 0) is 9.53 Å². The molecule has 0 spiro atoms. The van der Waals surface area contributed by atoms with E-state index in [1.165, 1.54) is 6.92 Å². The van der Waals surface area contributed by atoms with Crippen molar-refractivity contribution in [3.8, 4) is 0 Å². The first-order chi connectivity index (χ1) is 11.9. The lowest BCUT2D eigenvalue weighted by molar-refractivity contribution is -0.123. The Hall–Kier alpha value is -3.22. The number of esters is 1. The van der Waals surface area contributed by atoms with E-state index in [1.807, 2.05) is 18.2 Å². The second-order valence-electron chi connectivity index (χ2n) is 5.69. The SMILES string of the molecule is Cc1cc(C(=O)O[C@@H](C)C(=O)Nc2cc(C)on2)c2ccccc2n1. The molecule has 1 amide bonds. The number of hydrogen-bond acceptors (Lipinski definition) is 6. The largest absolute Gasteiger partial charge is 0.449 e. The molecular weight excluding hydrogens is 322 g/mol. The topological polar surface area (TPSA) is 94.3 Å². The number of carbonyl (C=O) groups excluding carboxylic acids is 2. The molecule has 25 heavy (non-hydrogen) atoms. The summed E-state index contributed by atoms with van der Waals surface area (Å²) in [5, 5.41) is 6.89. The Morgan fingerprint density at radius 2 is 1.96 bits per heavy atom. The molecule has 0 radical (unpaired) electrons.